The number of rotatable bonds is 9. The molecule has 0 bridgehead atoms. The molecule has 11 heteroatoms. The Hall–Kier alpha value is -3.86. The number of carbonyl (C=O) groups excluding carboxylic acids is 1. The van der Waals surface area contributed by atoms with Crippen molar-refractivity contribution in [2.45, 2.75) is 19.1 Å². The predicted molar refractivity (Wildman–Crippen MR) is 159 cm³/mol. The number of pyridine rings is 1. The van der Waals surface area contributed by atoms with Gasteiger partial charge in [0.2, 0.25) is 5.91 Å². The van der Waals surface area contributed by atoms with E-state index in [4.69, 9.17) is 21.1 Å². The Morgan fingerprint density at radius 2 is 2.05 bits per heavy atom. The van der Waals surface area contributed by atoms with Crippen LogP contribution in [0.4, 0.5) is 17.2 Å². The number of hydrogen-bond acceptors (Lipinski definition) is 8. The molecule has 0 unspecified atom stereocenters. The molecule has 202 valence electrons. The number of benzene rings is 2. The third-order valence-electron chi connectivity index (χ3n) is 6.12. The van der Waals surface area contributed by atoms with Crippen LogP contribution in [0.25, 0.3) is 10.9 Å². The molecule has 39 heavy (non-hydrogen) atoms. The van der Waals surface area contributed by atoms with Gasteiger partial charge in [0.05, 0.1) is 21.9 Å². The van der Waals surface area contributed by atoms with Crippen molar-refractivity contribution in [3.05, 3.63) is 84.4 Å². The molecule has 3 heterocycles. The van der Waals surface area contributed by atoms with Crippen LogP contribution in [0.2, 0.25) is 5.02 Å². The summed E-state index contributed by atoms with van der Waals surface area (Å²) in [6, 6.07) is 14.7. The van der Waals surface area contributed by atoms with Crippen molar-refractivity contribution < 1.29 is 14.3 Å². The fraction of sp³-hybridized carbons (Fsp3) is 0.214. The molecule has 9 nitrogen and oxygen atoms in total. The van der Waals surface area contributed by atoms with Gasteiger partial charge >= 0.3 is 0 Å². The van der Waals surface area contributed by atoms with Gasteiger partial charge < -0.3 is 25.0 Å². The van der Waals surface area contributed by atoms with Crippen LogP contribution in [0, 0.1) is 0 Å². The van der Waals surface area contributed by atoms with Gasteiger partial charge in [-0.1, -0.05) is 24.2 Å². The number of halogens is 1. The van der Waals surface area contributed by atoms with Crippen LogP contribution in [-0.2, 0) is 11.4 Å². The number of likely N-dealkylation sites (tertiary alicyclic amines) is 1. The van der Waals surface area contributed by atoms with Crippen LogP contribution < -0.4 is 20.1 Å². The van der Waals surface area contributed by atoms with Crippen LogP contribution in [0.15, 0.2) is 73.7 Å². The Kier molecular flexibility index (Phi) is 9.23. The number of ether oxygens (including phenoxy) is 2. The van der Waals surface area contributed by atoms with Gasteiger partial charge in [-0.2, -0.15) is 13.5 Å². The second-order valence-corrected chi connectivity index (χ2v) is 9.36. The second kappa shape index (κ2) is 12.8. The lowest BCUT2D eigenvalue weighted by molar-refractivity contribution is -0.111. The van der Waals surface area contributed by atoms with Crippen molar-refractivity contribution in [2.24, 2.45) is 0 Å². The minimum Gasteiger partial charge on any atom is -0.487 e. The van der Waals surface area contributed by atoms with E-state index in [2.05, 4.69) is 44.1 Å². The van der Waals surface area contributed by atoms with E-state index in [0.717, 1.165) is 25.2 Å². The van der Waals surface area contributed by atoms with E-state index >= 15 is 0 Å². The average molecular weight is 565 g/mol. The maximum atomic E-state index is 12.2. The van der Waals surface area contributed by atoms with Gasteiger partial charge in [0.1, 0.15) is 36.4 Å². The van der Waals surface area contributed by atoms with Crippen molar-refractivity contribution in [1.82, 2.24) is 19.9 Å². The van der Waals surface area contributed by atoms with Crippen LogP contribution in [0.1, 0.15) is 12.1 Å². The maximum absolute atomic E-state index is 12.2. The zero-order chi connectivity index (χ0) is 26.5. The third kappa shape index (κ3) is 6.97. The van der Waals surface area contributed by atoms with Crippen LogP contribution in [0.5, 0.6) is 11.5 Å². The lowest BCUT2D eigenvalue weighted by atomic mass is 10.1. The SMILES string of the molecule is C=CC(=O)Nc1cc2c(Nc3ccc(OCc4ccccn4)c(Cl)c3)ncnc2cc1O[C@H]1CCN(C)C1.S. The number of anilines is 3. The van der Waals surface area contributed by atoms with E-state index in [1.807, 2.05) is 30.3 Å². The summed E-state index contributed by atoms with van der Waals surface area (Å²) in [5.41, 5.74) is 2.71. The Morgan fingerprint density at radius 1 is 1.18 bits per heavy atom. The minimum atomic E-state index is -0.336. The van der Waals surface area contributed by atoms with E-state index in [-0.39, 0.29) is 25.5 Å². The first-order valence-corrected chi connectivity index (χ1v) is 12.5. The Labute approximate surface area is 238 Å². The molecule has 2 aromatic heterocycles. The highest BCUT2D eigenvalue weighted by atomic mass is 35.5. The van der Waals surface area contributed by atoms with Crippen molar-refractivity contribution in [2.75, 3.05) is 30.8 Å². The molecule has 1 aliphatic heterocycles. The lowest BCUT2D eigenvalue weighted by Gasteiger charge is -2.18. The molecule has 0 spiro atoms. The summed E-state index contributed by atoms with van der Waals surface area (Å²) in [6.45, 7) is 5.64. The highest BCUT2D eigenvalue weighted by Gasteiger charge is 2.23. The Bertz CT molecular complexity index is 1470. The maximum Gasteiger partial charge on any atom is 0.247 e. The van der Waals surface area contributed by atoms with E-state index in [0.29, 0.717) is 51.2 Å². The van der Waals surface area contributed by atoms with Gasteiger partial charge in [-0.15, -0.1) is 0 Å². The van der Waals surface area contributed by atoms with Gasteiger partial charge in [0.15, 0.2) is 0 Å². The van der Waals surface area contributed by atoms with E-state index in [1.54, 1.807) is 24.4 Å². The van der Waals surface area contributed by atoms with Crippen molar-refractivity contribution in [3.8, 4) is 11.5 Å². The number of carbonyl (C=O) groups is 1. The van der Waals surface area contributed by atoms with E-state index in [1.165, 1.54) is 12.4 Å². The molecule has 2 N–H and O–H groups in total. The van der Waals surface area contributed by atoms with Gasteiger partial charge in [-0.3, -0.25) is 9.78 Å². The topological polar surface area (TPSA) is 102 Å². The number of nitrogens with one attached hydrogen (secondary N) is 2. The average Bonchev–Trinajstić information content (AvgIpc) is 3.33. The third-order valence-corrected chi connectivity index (χ3v) is 6.41. The molecule has 1 atom stereocenters. The largest absolute Gasteiger partial charge is 0.487 e. The molecule has 0 saturated carbocycles. The first-order valence-electron chi connectivity index (χ1n) is 12.1. The smallest absolute Gasteiger partial charge is 0.247 e. The van der Waals surface area contributed by atoms with Gasteiger partial charge in [-0.25, -0.2) is 9.97 Å². The molecule has 1 fully saturated rings. The fourth-order valence-electron chi connectivity index (χ4n) is 4.20. The molecule has 1 saturated heterocycles. The molecule has 1 aliphatic rings. The summed E-state index contributed by atoms with van der Waals surface area (Å²) in [4.78, 5) is 27.5. The van der Waals surface area contributed by atoms with Crippen molar-refractivity contribution in [1.29, 1.82) is 0 Å². The first-order chi connectivity index (χ1) is 18.5. The molecule has 5 rings (SSSR count). The van der Waals surface area contributed by atoms with Crippen molar-refractivity contribution in [3.63, 3.8) is 0 Å². The number of fused-ring (bicyclic) bond motifs is 1. The first kappa shape index (κ1) is 28.2. The summed E-state index contributed by atoms with van der Waals surface area (Å²) < 4.78 is 12.1. The standard InChI is InChI=1S/C28H27ClN6O3.H2S/c1-3-27(36)34-24-13-21-23(14-26(24)38-20-9-11-35(2)15-20)31-17-32-28(21)33-18-7-8-25(22(29)12-18)37-16-19-6-4-5-10-30-19;/h3-8,10,12-14,17,20H,1,9,11,15-16H2,2H3,(H,34,36)(H,31,32,33);1H2/t20-;/m0./s1. The van der Waals surface area contributed by atoms with E-state index < -0.39 is 0 Å². The molecule has 0 radical (unpaired) electrons. The van der Waals surface area contributed by atoms with Crippen LogP contribution >= 0.6 is 25.1 Å². The molecule has 1 amide bonds. The predicted octanol–water partition coefficient (Wildman–Crippen LogP) is 5.32. The molecule has 2 aromatic carbocycles. The molecular weight excluding hydrogens is 536 g/mol. The molecule has 4 aromatic rings. The van der Waals surface area contributed by atoms with Crippen molar-refractivity contribution >= 4 is 59.1 Å². The highest BCUT2D eigenvalue weighted by Crippen LogP contribution is 2.36. The lowest BCUT2D eigenvalue weighted by Crippen LogP contribution is -2.22. The number of hydrogen-bond donors (Lipinski definition) is 2. The minimum absolute atomic E-state index is 0. The molecule has 0 aliphatic carbocycles. The van der Waals surface area contributed by atoms with Gasteiger partial charge in [0.25, 0.3) is 0 Å². The van der Waals surface area contributed by atoms with Crippen LogP contribution in [0.3, 0.4) is 0 Å². The van der Waals surface area contributed by atoms with E-state index in [9.17, 15) is 4.79 Å². The zero-order valence-electron chi connectivity index (χ0n) is 21.4. The monoisotopic (exact) mass is 564 g/mol. The van der Waals surface area contributed by atoms with Gasteiger partial charge in [-0.05, 0) is 55.9 Å². The quantitative estimate of drug-likeness (QED) is 0.263. The van der Waals surface area contributed by atoms with Gasteiger partial charge in [0, 0.05) is 36.4 Å². The number of likely N-dealkylation sites (N-methyl/N-ethyl adjacent to an activating group) is 1. The highest BCUT2D eigenvalue weighted by molar-refractivity contribution is 7.59. The Balaban J connectivity index is 0.00000353. The summed E-state index contributed by atoms with van der Waals surface area (Å²) >= 11 is 6.50. The Morgan fingerprint density at radius 3 is 2.77 bits per heavy atom. The zero-order valence-corrected chi connectivity index (χ0v) is 23.1. The normalized spacial score (nSPS) is 14.9. The number of amides is 1. The number of nitrogens with zero attached hydrogens (tertiary/aromatic N) is 4. The number of aromatic nitrogens is 3. The summed E-state index contributed by atoms with van der Waals surface area (Å²) in [5, 5.41) is 7.30. The fourth-order valence-corrected chi connectivity index (χ4v) is 4.44. The van der Waals surface area contributed by atoms with Crippen LogP contribution in [-0.4, -0.2) is 52.0 Å². The molecular formula is C28H29ClN6O3S. The summed E-state index contributed by atoms with van der Waals surface area (Å²) in [7, 11) is 2.06. The summed E-state index contributed by atoms with van der Waals surface area (Å²) in [5.74, 6) is 1.31. The second-order valence-electron chi connectivity index (χ2n) is 8.95. The summed E-state index contributed by atoms with van der Waals surface area (Å²) in [6.07, 6.45) is 5.35.